The molecule has 0 saturated heterocycles. The van der Waals surface area contributed by atoms with Crippen molar-refractivity contribution < 1.29 is 41.7 Å². The molecule has 3 heterocycles. The number of ether oxygens (including phenoxy) is 2. The number of fused-ring (bicyclic) bond motifs is 2. The molecule has 5 rings (SSSR count). The fraction of sp³-hybridized carbons (Fsp3) is 0.290. The molecule has 9 nitrogen and oxygen atoms in total. The van der Waals surface area contributed by atoms with Crippen LogP contribution in [0.4, 0.5) is 17.6 Å². The average molecular weight is 647 g/mol. The van der Waals surface area contributed by atoms with Crippen molar-refractivity contribution in [1.82, 2.24) is 15.3 Å². The van der Waals surface area contributed by atoms with Gasteiger partial charge in [0.15, 0.2) is 0 Å². The molecule has 45 heavy (non-hydrogen) atoms. The Bertz CT molecular complexity index is 1840. The number of aryl methyl sites for hydroxylation is 1. The molecule has 0 spiro atoms. The minimum atomic E-state index is -5.38. The number of hydrogen-bond donors (Lipinski definition) is 3. The lowest BCUT2D eigenvalue weighted by molar-refractivity contribution is -0.265. The van der Waals surface area contributed by atoms with Crippen LogP contribution >= 0.6 is 11.6 Å². The molecular formula is C31H27ClF4N4O5. The Morgan fingerprint density at radius 3 is 2.44 bits per heavy atom. The van der Waals surface area contributed by atoms with Crippen LogP contribution in [-0.2, 0) is 15.8 Å². The van der Waals surface area contributed by atoms with Crippen molar-refractivity contribution in [3.8, 4) is 22.8 Å². The first-order chi connectivity index (χ1) is 21.1. The number of nitrogens with zero attached hydrogens (tertiary/aromatic N) is 2. The lowest BCUT2D eigenvalue weighted by Gasteiger charge is -2.32. The number of carbonyl (C=O) groups excluding carboxylic acids is 2. The molecule has 236 valence electrons. The Morgan fingerprint density at radius 2 is 1.84 bits per heavy atom. The van der Waals surface area contributed by atoms with E-state index in [2.05, 4.69) is 15.3 Å². The van der Waals surface area contributed by atoms with Crippen LogP contribution in [0.15, 0.2) is 48.5 Å². The lowest BCUT2D eigenvalue weighted by Crippen LogP contribution is -2.52. The topological polar surface area (TPSA) is 137 Å². The largest absolute Gasteiger partial charge is 0.494 e. The predicted octanol–water partition coefficient (Wildman–Crippen LogP) is 5.11. The van der Waals surface area contributed by atoms with Crippen LogP contribution in [0, 0.1) is 12.7 Å². The Balaban J connectivity index is 1.60. The quantitative estimate of drug-likeness (QED) is 0.226. The van der Waals surface area contributed by atoms with Gasteiger partial charge in [-0.25, -0.2) is 14.4 Å². The number of amides is 2. The van der Waals surface area contributed by atoms with Crippen molar-refractivity contribution in [3.63, 3.8) is 0 Å². The minimum Gasteiger partial charge on any atom is -0.494 e. The number of aromatic nitrogens is 2. The van der Waals surface area contributed by atoms with Crippen molar-refractivity contribution in [1.29, 1.82) is 0 Å². The highest BCUT2D eigenvalue weighted by molar-refractivity contribution is 6.31. The Hall–Kier alpha value is -4.49. The first-order valence-corrected chi connectivity index (χ1v) is 14.0. The van der Waals surface area contributed by atoms with E-state index in [0.717, 1.165) is 18.2 Å². The molecule has 2 aromatic carbocycles. The van der Waals surface area contributed by atoms with Crippen LogP contribution in [0.3, 0.4) is 0 Å². The molecule has 2 atom stereocenters. The summed E-state index contributed by atoms with van der Waals surface area (Å²) in [6, 6.07) is 9.81. The van der Waals surface area contributed by atoms with Crippen molar-refractivity contribution in [2.24, 2.45) is 5.73 Å². The standard InChI is InChI=1S/C31H27ClF4N4O5/c1-4-29(28(37)42)14-45-26-20(29)12-23(40-25(26)16-5-7-19(33)8-6-16)30(43,31(34,35)36)13-38-27(41)18-9-17-10-21(32)15(2)39-24(17)22(11-18)44-3/h5-12,43H,4,13-14H2,1-3H3,(H2,37,42)(H,38,41)/t29-,30?/m1/s1. The molecule has 4 aromatic rings. The lowest BCUT2D eigenvalue weighted by atomic mass is 9.78. The number of alkyl halides is 3. The zero-order valence-corrected chi connectivity index (χ0v) is 24.9. The first-order valence-electron chi connectivity index (χ1n) is 13.6. The van der Waals surface area contributed by atoms with E-state index in [4.69, 9.17) is 26.8 Å². The molecule has 2 aromatic heterocycles. The van der Waals surface area contributed by atoms with Gasteiger partial charge in [-0.2, -0.15) is 13.2 Å². The summed E-state index contributed by atoms with van der Waals surface area (Å²) in [5.41, 5.74) is 0.244. The molecule has 0 aliphatic carbocycles. The zero-order chi connectivity index (χ0) is 32.9. The van der Waals surface area contributed by atoms with Crippen LogP contribution in [0.5, 0.6) is 11.5 Å². The number of carbonyl (C=O) groups is 2. The smallest absolute Gasteiger partial charge is 0.424 e. The first kappa shape index (κ1) is 31.9. The van der Waals surface area contributed by atoms with Crippen LogP contribution in [0.2, 0.25) is 5.02 Å². The number of halogens is 5. The fourth-order valence-corrected chi connectivity index (χ4v) is 5.41. The van der Waals surface area contributed by atoms with Gasteiger partial charge in [0.25, 0.3) is 5.91 Å². The van der Waals surface area contributed by atoms with E-state index >= 15 is 0 Å². The number of hydrogen-bond acceptors (Lipinski definition) is 7. The molecule has 1 unspecified atom stereocenters. The number of methoxy groups -OCH3 is 1. The predicted molar refractivity (Wildman–Crippen MR) is 157 cm³/mol. The monoisotopic (exact) mass is 646 g/mol. The number of rotatable bonds is 8. The van der Waals surface area contributed by atoms with Crippen LogP contribution in [0.1, 0.15) is 40.7 Å². The third-order valence-corrected chi connectivity index (χ3v) is 8.42. The van der Waals surface area contributed by atoms with Crippen LogP contribution in [-0.4, -0.2) is 53.3 Å². The van der Waals surface area contributed by atoms with Gasteiger partial charge in [0.2, 0.25) is 11.5 Å². The highest BCUT2D eigenvalue weighted by Gasteiger charge is 2.58. The van der Waals surface area contributed by atoms with Crippen molar-refractivity contribution in [2.75, 3.05) is 20.3 Å². The summed E-state index contributed by atoms with van der Waals surface area (Å²) in [4.78, 5) is 34.3. The number of nitrogens with one attached hydrogen (secondary N) is 1. The molecule has 2 amide bonds. The van der Waals surface area contributed by atoms with Crippen molar-refractivity contribution in [3.05, 3.63) is 81.9 Å². The van der Waals surface area contributed by atoms with E-state index in [0.29, 0.717) is 21.6 Å². The van der Waals surface area contributed by atoms with Gasteiger partial charge < -0.3 is 25.6 Å². The van der Waals surface area contributed by atoms with Crippen LogP contribution < -0.4 is 20.5 Å². The van der Waals surface area contributed by atoms with Crippen LogP contribution in [0.25, 0.3) is 22.2 Å². The third kappa shape index (κ3) is 5.39. The highest BCUT2D eigenvalue weighted by atomic mass is 35.5. The van der Waals surface area contributed by atoms with E-state index in [1.54, 1.807) is 13.8 Å². The normalized spacial score (nSPS) is 17.4. The van der Waals surface area contributed by atoms with Gasteiger partial charge in [0.05, 0.1) is 30.1 Å². The van der Waals surface area contributed by atoms with E-state index < -0.39 is 47.1 Å². The third-order valence-electron chi connectivity index (χ3n) is 8.04. The Kier molecular flexibility index (Phi) is 8.13. The minimum absolute atomic E-state index is 0.0187. The van der Waals surface area contributed by atoms with Gasteiger partial charge in [0.1, 0.15) is 40.5 Å². The van der Waals surface area contributed by atoms with E-state index in [1.807, 2.05) is 0 Å². The average Bonchev–Trinajstić information content (AvgIpc) is 3.39. The molecular weight excluding hydrogens is 620 g/mol. The molecule has 0 fully saturated rings. The van der Waals surface area contributed by atoms with Crippen molar-refractivity contribution in [2.45, 2.75) is 37.5 Å². The number of nitrogens with two attached hydrogens (primary N) is 1. The van der Waals surface area contributed by atoms with Gasteiger partial charge in [-0.15, -0.1) is 0 Å². The van der Waals surface area contributed by atoms with Gasteiger partial charge in [-0.1, -0.05) is 18.5 Å². The second-order valence-electron chi connectivity index (χ2n) is 10.7. The zero-order valence-electron chi connectivity index (χ0n) is 24.2. The van der Waals surface area contributed by atoms with E-state index in [9.17, 15) is 32.3 Å². The summed E-state index contributed by atoms with van der Waals surface area (Å²) in [6.07, 6.45) is -5.32. The van der Waals surface area contributed by atoms with E-state index in [1.165, 1.54) is 37.4 Å². The number of primary amides is 1. The fourth-order valence-electron chi connectivity index (χ4n) is 5.25. The number of pyridine rings is 2. The maximum absolute atomic E-state index is 14.8. The van der Waals surface area contributed by atoms with E-state index in [-0.39, 0.29) is 46.9 Å². The summed E-state index contributed by atoms with van der Waals surface area (Å²) in [6.45, 7) is 1.64. The maximum atomic E-state index is 14.8. The summed E-state index contributed by atoms with van der Waals surface area (Å²) in [5, 5.41) is 14.2. The second-order valence-corrected chi connectivity index (χ2v) is 11.1. The van der Waals surface area contributed by atoms with Gasteiger partial charge >= 0.3 is 6.18 Å². The molecule has 14 heteroatoms. The molecule has 0 saturated carbocycles. The summed E-state index contributed by atoms with van der Waals surface area (Å²) >= 11 is 6.18. The van der Waals surface area contributed by atoms with Gasteiger partial charge in [-0.3, -0.25) is 9.59 Å². The SMILES string of the molecule is CC[C@@]1(C(N)=O)COc2c1cc(C(O)(CNC(=O)c1cc(OC)c3nc(C)c(Cl)cc3c1)C(F)(F)F)nc2-c1ccc(F)cc1. The van der Waals surface area contributed by atoms with Crippen molar-refractivity contribution >= 4 is 34.3 Å². The van der Waals surface area contributed by atoms with Gasteiger partial charge in [0, 0.05) is 22.1 Å². The number of aliphatic hydroxyl groups is 1. The summed E-state index contributed by atoms with van der Waals surface area (Å²) in [5.74, 6) is -2.29. The maximum Gasteiger partial charge on any atom is 0.424 e. The molecule has 4 N–H and O–H groups in total. The Morgan fingerprint density at radius 1 is 1.16 bits per heavy atom. The molecule has 1 aliphatic rings. The molecule has 0 bridgehead atoms. The summed E-state index contributed by atoms with van der Waals surface area (Å²) in [7, 11) is 1.34. The molecule has 1 aliphatic heterocycles. The van der Waals surface area contributed by atoms with Gasteiger partial charge in [-0.05, 0) is 61.9 Å². The number of benzene rings is 2. The molecule has 0 radical (unpaired) electrons. The summed E-state index contributed by atoms with van der Waals surface area (Å²) < 4.78 is 69.1. The highest BCUT2D eigenvalue weighted by Crippen LogP contribution is 2.49. The Labute approximate surface area is 259 Å². The second kappa shape index (κ2) is 11.5.